The number of fused-ring (bicyclic) bond motifs is 2. The van der Waals surface area contributed by atoms with Gasteiger partial charge in [0.25, 0.3) is 0 Å². The van der Waals surface area contributed by atoms with Gasteiger partial charge in [0.1, 0.15) is 5.60 Å². The van der Waals surface area contributed by atoms with Crippen LogP contribution >= 0.6 is 0 Å². The SMILES string of the molecule is CC1(CNCc2ccc3cn[nH]c3c2)OCCc2ccccc21. The zero-order chi connectivity index (χ0) is 15.7. The smallest absolute Gasteiger partial charge is 0.103 e. The molecule has 1 aliphatic heterocycles. The highest BCUT2D eigenvalue weighted by atomic mass is 16.5. The van der Waals surface area contributed by atoms with Crippen LogP contribution in [0.25, 0.3) is 10.9 Å². The molecular formula is C19H21N3O. The monoisotopic (exact) mass is 307 g/mol. The lowest BCUT2D eigenvalue weighted by atomic mass is 9.87. The third-order valence-electron chi connectivity index (χ3n) is 4.68. The van der Waals surface area contributed by atoms with Crippen molar-refractivity contribution >= 4 is 10.9 Å². The number of nitrogens with one attached hydrogen (secondary N) is 2. The van der Waals surface area contributed by atoms with E-state index >= 15 is 0 Å². The standard InChI is InChI=1S/C19H21N3O/c1-19(17-5-3-2-4-15(17)8-9-23-19)13-20-11-14-6-7-16-12-21-22-18(16)10-14/h2-7,10,12,20H,8-9,11,13H2,1H3,(H,21,22). The van der Waals surface area contributed by atoms with Gasteiger partial charge in [0, 0.05) is 18.5 Å². The molecule has 3 aromatic rings. The molecule has 1 unspecified atom stereocenters. The van der Waals surface area contributed by atoms with E-state index < -0.39 is 0 Å². The number of hydrogen-bond donors (Lipinski definition) is 2. The summed E-state index contributed by atoms with van der Waals surface area (Å²) in [7, 11) is 0. The maximum atomic E-state index is 6.11. The minimum Gasteiger partial charge on any atom is -0.369 e. The molecule has 0 radical (unpaired) electrons. The first-order valence-electron chi connectivity index (χ1n) is 8.10. The molecule has 1 atom stereocenters. The van der Waals surface area contributed by atoms with Crippen molar-refractivity contribution in [1.82, 2.24) is 15.5 Å². The molecule has 1 aromatic heterocycles. The Kier molecular flexibility index (Phi) is 3.63. The molecule has 0 fully saturated rings. The maximum Gasteiger partial charge on any atom is 0.103 e. The number of nitrogens with zero attached hydrogens (tertiary/aromatic N) is 1. The molecule has 4 rings (SSSR count). The molecule has 0 bridgehead atoms. The van der Waals surface area contributed by atoms with Crippen LogP contribution in [0.3, 0.4) is 0 Å². The molecule has 4 heteroatoms. The van der Waals surface area contributed by atoms with Gasteiger partial charge in [0.05, 0.1) is 18.3 Å². The van der Waals surface area contributed by atoms with Crippen molar-refractivity contribution in [3.8, 4) is 0 Å². The highest BCUT2D eigenvalue weighted by Crippen LogP contribution is 2.32. The van der Waals surface area contributed by atoms with E-state index in [-0.39, 0.29) is 5.60 Å². The van der Waals surface area contributed by atoms with Gasteiger partial charge in [-0.05, 0) is 36.1 Å². The molecule has 0 spiro atoms. The van der Waals surface area contributed by atoms with Crippen LogP contribution in [0.4, 0.5) is 0 Å². The van der Waals surface area contributed by atoms with Crippen LogP contribution in [-0.4, -0.2) is 23.3 Å². The fraction of sp³-hybridized carbons (Fsp3) is 0.316. The number of benzene rings is 2. The first-order chi connectivity index (χ1) is 11.2. The Morgan fingerprint density at radius 2 is 2.17 bits per heavy atom. The molecule has 1 aliphatic rings. The Balaban J connectivity index is 1.46. The number of rotatable bonds is 4. The van der Waals surface area contributed by atoms with Crippen molar-refractivity contribution in [3.63, 3.8) is 0 Å². The molecule has 118 valence electrons. The Labute approximate surface area is 135 Å². The summed E-state index contributed by atoms with van der Waals surface area (Å²) in [4.78, 5) is 0. The highest BCUT2D eigenvalue weighted by Gasteiger charge is 2.32. The summed E-state index contributed by atoms with van der Waals surface area (Å²) in [5, 5.41) is 11.8. The molecule has 0 aliphatic carbocycles. The van der Waals surface area contributed by atoms with Crippen LogP contribution < -0.4 is 5.32 Å². The van der Waals surface area contributed by atoms with E-state index in [2.05, 4.69) is 64.9 Å². The van der Waals surface area contributed by atoms with Gasteiger partial charge in [-0.25, -0.2) is 0 Å². The average Bonchev–Trinajstić information content (AvgIpc) is 3.03. The quantitative estimate of drug-likeness (QED) is 0.778. The lowest BCUT2D eigenvalue weighted by molar-refractivity contribution is -0.0450. The Morgan fingerprint density at radius 1 is 1.26 bits per heavy atom. The normalized spacial score (nSPS) is 20.6. The molecule has 4 nitrogen and oxygen atoms in total. The van der Waals surface area contributed by atoms with Crippen LogP contribution in [0.2, 0.25) is 0 Å². The minimum atomic E-state index is -0.257. The van der Waals surface area contributed by atoms with Crippen LogP contribution in [0, 0.1) is 0 Å². The second-order valence-electron chi connectivity index (χ2n) is 6.38. The number of hydrogen-bond acceptors (Lipinski definition) is 3. The third kappa shape index (κ3) is 2.76. The summed E-state index contributed by atoms with van der Waals surface area (Å²) in [6.07, 6.45) is 2.85. The van der Waals surface area contributed by atoms with E-state index in [9.17, 15) is 0 Å². The highest BCUT2D eigenvalue weighted by molar-refractivity contribution is 5.78. The second kappa shape index (κ2) is 5.80. The fourth-order valence-corrected chi connectivity index (χ4v) is 3.40. The van der Waals surface area contributed by atoms with Gasteiger partial charge >= 0.3 is 0 Å². The molecule has 0 saturated carbocycles. The summed E-state index contributed by atoms with van der Waals surface area (Å²) in [5.41, 5.74) is 4.78. The number of aromatic nitrogens is 2. The lowest BCUT2D eigenvalue weighted by Gasteiger charge is -2.36. The van der Waals surface area contributed by atoms with E-state index in [0.29, 0.717) is 0 Å². The van der Waals surface area contributed by atoms with Crippen molar-refractivity contribution in [2.24, 2.45) is 0 Å². The van der Waals surface area contributed by atoms with Crippen molar-refractivity contribution < 1.29 is 4.74 Å². The summed E-state index contributed by atoms with van der Waals surface area (Å²) in [6, 6.07) is 15.0. The summed E-state index contributed by atoms with van der Waals surface area (Å²) >= 11 is 0. The maximum absolute atomic E-state index is 6.11. The Bertz CT molecular complexity index is 826. The first kappa shape index (κ1) is 14.4. The topological polar surface area (TPSA) is 49.9 Å². The summed E-state index contributed by atoms with van der Waals surface area (Å²) in [5.74, 6) is 0. The molecular weight excluding hydrogens is 286 g/mol. The van der Waals surface area contributed by atoms with Crippen molar-refractivity contribution in [3.05, 3.63) is 65.4 Å². The van der Waals surface area contributed by atoms with Gasteiger partial charge in [0.2, 0.25) is 0 Å². The predicted octanol–water partition coefficient (Wildman–Crippen LogP) is 3.14. The van der Waals surface area contributed by atoms with Gasteiger partial charge < -0.3 is 10.1 Å². The van der Waals surface area contributed by atoms with Gasteiger partial charge in [-0.1, -0.05) is 36.4 Å². The number of H-pyrrole nitrogens is 1. The second-order valence-corrected chi connectivity index (χ2v) is 6.38. The minimum absolute atomic E-state index is 0.257. The molecule has 0 saturated heterocycles. The van der Waals surface area contributed by atoms with Crippen molar-refractivity contribution in [2.75, 3.05) is 13.2 Å². The molecule has 2 aromatic carbocycles. The summed E-state index contributed by atoms with van der Waals surface area (Å²) in [6.45, 7) is 4.58. The molecule has 23 heavy (non-hydrogen) atoms. The van der Waals surface area contributed by atoms with Crippen LogP contribution in [0.15, 0.2) is 48.7 Å². The van der Waals surface area contributed by atoms with E-state index in [4.69, 9.17) is 4.74 Å². The molecule has 2 heterocycles. The van der Waals surface area contributed by atoms with Gasteiger partial charge in [-0.2, -0.15) is 5.10 Å². The largest absolute Gasteiger partial charge is 0.369 e. The first-order valence-corrected chi connectivity index (χ1v) is 8.10. The molecule has 2 N–H and O–H groups in total. The van der Waals surface area contributed by atoms with E-state index in [0.717, 1.165) is 37.0 Å². The van der Waals surface area contributed by atoms with Gasteiger partial charge in [-0.15, -0.1) is 0 Å². The van der Waals surface area contributed by atoms with Crippen molar-refractivity contribution in [1.29, 1.82) is 0 Å². The van der Waals surface area contributed by atoms with Gasteiger partial charge in [-0.3, -0.25) is 5.10 Å². The lowest BCUT2D eigenvalue weighted by Crippen LogP contribution is -2.41. The van der Waals surface area contributed by atoms with Crippen molar-refractivity contribution in [2.45, 2.75) is 25.5 Å². The Hall–Kier alpha value is -2.17. The van der Waals surface area contributed by atoms with Crippen LogP contribution in [-0.2, 0) is 23.3 Å². The average molecular weight is 307 g/mol. The van der Waals surface area contributed by atoms with E-state index in [1.165, 1.54) is 16.7 Å². The predicted molar refractivity (Wildman–Crippen MR) is 91.3 cm³/mol. The fourth-order valence-electron chi connectivity index (χ4n) is 3.40. The van der Waals surface area contributed by atoms with Crippen LogP contribution in [0.1, 0.15) is 23.6 Å². The van der Waals surface area contributed by atoms with E-state index in [1.54, 1.807) is 0 Å². The Morgan fingerprint density at radius 3 is 3.13 bits per heavy atom. The van der Waals surface area contributed by atoms with Gasteiger partial charge in [0.15, 0.2) is 0 Å². The number of aromatic amines is 1. The number of ether oxygens (including phenoxy) is 1. The molecule has 0 amide bonds. The van der Waals surface area contributed by atoms with Crippen LogP contribution in [0.5, 0.6) is 0 Å². The zero-order valence-corrected chi connectivity index (χ0v) is 13.3. The summed E-state index contributed by atoms with van der Waals surface area (Å²) < 4.78 is 6.11. The zero-order valence-electron chi connectivity index (χ0n) is 13.3. The van der Waals surface area contributed by atoms with E-state index in [1.807, 2.05) is 6.20 Å². The third-order valence-corrected chi connectivity index (χ3v) is 4.68.